The molecule has 100 valence electrons. The molecule has 0 fully saturated rings. The lowest BCUT2D eigenvalue weighted by molar-refractivity contribution is 0.0694. The number of hydrogen-bond donors (Lipinski definition) is 2. The third-order valence-electron chi connectivity index (χ3n) is 2.60. The van der Waals surface area contributed by atoms with E-state index in [1.54, 1.807) is 11.3 Å². The molecule has 0 saturated carbocycles. The average Bonchev–Trinajstić information content (AvgIpc) is 2.88. The van der Waals surface area contributed by atoms with Gasteiger partial charge in [-0.25, -0.2) is 14.8 Å². The van der Waals surface area contributed by atoms with E-state index in [0.29, 0.717) is 18.2 Å². The predicted octanol–water partition coefficient (Wildman–Crippen LogP) is 2.97. The summed E-state index contributed by atoms with van der Waals surface area (Å²) in [5, 5.41) is 14.2. The number of aromatic nitrogens is 2. The molecule has 19 heavy (non-hydrogen) atoms. The van der Waals surface area contributed by atoms with Crippen LogP contribution in [0.4, 0.5) is 5.95 Å². The molecule has 6 heteroatoms. The second kappa shape index (κ2) is 5.79. The molecular formula is C13H15N3O2S. The normalized spacial score (nSPS) is 10.7. The van der Waals surface area contributed by atoms with Crippen LogP contribution < -0.4 is 5.32 Å². The molecule has 0 spiro atoms. The zero-order valence-electron chi connectivity index (χ0n) is 10.8. The molecule has 0 saturated heterocycles. The number of rotatable bonds is 5. The van der Waals surface area contributed by atoms with Gasteiger partial charge >= 0.3 is 5.97 Å². The minimum absolute atomic E-state index is 0.0383. The van der Waals surface area contributed by atoms with Gasteiger partial charge in [-0.3, -0.25) is 0 Å². The van der Waals surface area contributed by atoms with Crippen LogP contribution in [0, 0.1) is 0 Å². The number of aromatic carboxylic acids is 1. The van der Waals surface area contributed by atoms with Crippen molar-refractivity contribution in [1.82, 2.24) is 9.97 Å². The summed E-state index contributed by atoms with van der Waals surface area (Å²) in [7, 11) is 0. The molecule has 2 rings (SSSR count). The highest BCUT2D eigenvalue weighted by Crippen LogP contribution is 2.18. The molecular weight excluding hydrogens is 262 g/mol. The molecule has 2 aromatic heterocycles. The highest BCUT2D eigenvalue weighted by Gasteiger charge is 2.16. The van der Waals surface area contributed by atoms with E-state index >= 15 is 0 Å². The van der Waals surface area contributed by atoms with Crippen molar-refractivity contribution in [3.63, 3.8) is 0 Å². The zero-order valence-corrected chi connectivity index (χ0v) is 11.6. The van der Waals surface area contributed by atoms with Gasteiger partial charge < -0.3 is 10.4 Å². The standard InChI is InChI=1S/C13H15N3O2S/c1-8(2)11-10(12(17)18)7-15-13(16-11)14-6-9-4-3-5-19-9/h3-5,7-8H,6H2,1-2H3,(H,17,18)(H,14,15,16). The number of thiophene rings is 1. The zero-order chi connectivity index (χ0) is 13.8. The fourth-order valence-corrected chi connectivity index (χ4v) is 2.31. The summed E-state index contributed by atoms with van der Waals surface area (Å²) in [6.07, 6.45) is 1.36. The van der Waals surface area contributed by atoms with Gasteiger partial charge in [0.05, 0.1) is 17.8 Å². The summed E-state index contributed by atoms with van der Waals surface area (Å²) in [5.74, 6) is -0.494. The van der Waals surface area contributed by atoms with Crippen molar-refractivity contribution in [2.45, 2.75) is 26.3 Å². The van der Waals surface area contributed by atoms with Gasteiger partial charge in [0, 0.05) is 11.1 Å². The largest absolute Gasteiger partial charge is 0.478 e. The summed E-state index contributed by atoms with van der Waals surface area (Å²) in [6.45, 7) is 4.47. The van der Waals surface area contributed by atoms with Crippen molar-refractivity contribution in [2.24, 2.45) is 0 Å². The maximum atomic E-state index is 11.1. The molecule has 0 aromatic carbocycles. The summed E-state index contributed by atoms with van der Waals surface area (Å²) in [5.41, 5.74) is 0.716. The summed E-state index contributed by atoms with van der Waals surface area (Å²) in [6, 6.07) is 4.00. The van der Waals surface area contributed by atoms with Crippen molar-refractivity contribution in [1.29, 1.82) is 0 Å². The number of nitrogens with zero attached hydrogens (tertiary/aromatic N) is 2. The third kappa shape index (κ3) is 3.29. The Kier molecular flexibility index (Phi) is 4.11. The number of carboxylic acid groups (broad SMARTS) is 1. The first-order chi connectivity index (χ1) is 9.08. The summed E-state index contributed by atoms with van der Waals surface area (Å²) >= 11 is 1.65. The molecule has 0 aliphatic carbocycles. The second-order valence-corrected chi connectivity index (χ2v) is 5.42. The second-order valence-electron chi connectivity index (χ2n) is 4.39. The Hall–Kier alpha value is -1.95. The van der Waals surface area contributed by atoms with Crippen molar-refractivity contribution in [3.8, 4) is 0 Å². The SMILES string of the molecule is CC(C)c1nc(NCc2cccs2)ncc1C(=O)O. The number of nitrogens with one attached hydrogen (secondary N) is 1. The van der Waals surface area contributed by atoms with Crippen LogP contribution in [0.3, 0.4) is 0 Å². The van der Waals surface area contributed by atoms with Gasteiger partial charge in [0.2, 0.25) is 5.95 Å². The minimum atomic E-state index is -0.992. The van der Waals surface area contributed by atoms with Crippen LogP contribution in [0.25, 0.3) is 0 Å². The molecule has 5 nitrogen and oxygen atoms in total. The number of carboxylic acids is 1. The molecule has 2 heterocycles. The Balaban J connectivity index is 2.18. The summed E-state index contributed by atoms with van der Waals surface area (Å²) < 4.78 is 0. The number of carbonyl (C=O) groups is 1. The van der Waals surface area contributed by atoms with Crippen LogP contribution in [0.5, 0.6) is 0 Å². The van der Waals surface area contributed by atoms with Crippen LogP contribution in [-0.4, -0.2) is 21.0 Å². The Morgan fingerprint density at radius 2 is 2.32 bits per heavy atom. The van der Waals surface area contributed by atoms with Crippen LogP contribution in [0.15, 0.2) is 23.7 Å². The van der Waals surface area contributed by atoms with Crippen LogP contribution >= 0.6 is 11.3 Å². The van der Waals surface area contributed by atoms with Crippen molar-refractivity contribution >= 4 is 23.3 Å². The van der Waals surface area contributed by atoms with Crippen LogP contribution in [-0.2, 0) is 6.54 Å². The first kappa shape index (κ1) is 13.5. The fourth-order valence-electron chi connectivity index (χ4n) is 1.66. The van der Waals surface area contributed by atoms with E-state index in [1.165, 1.54) is 11.1 Å². The third-order valence-corrected chi connectivity index (χ3v) is 3.47. The molecule has 2 N–H and O–H groups in total. The Labute approximate surface area is 115 Å². The van der Waals surface area contributed by atoms with Gasteiger partial charge in [-0.15, -0.1) is 11.3 Å². The molecule has 0 aliphatic heterocycles. The van der Waals surface area contributed by atoms with Gasteiger partial charge in [0.15, 0.2) is 0 Å². The van der Waals surface area contributed by atoms with E-state index in [2.05, 4.69) is 15.3 Å². The monoisotopic (exact) mass is 277 g/mol. The minimum Gasteiger partial charge on any atom is -0.478 e. The first-order valence-corrected chi connectivity index (χ1v) is 6.82. The van der Waals surface area contributed by atoms with Gasteiger partial charge in [-0.1, -0.05) is 19.9 Å². The summed E-state index contributed by atoms with van der Waals surface area (Å²) in [4.78, 5) is 20.6. The smallest absolute Gasteiger partial charge is 0.339 e. The lowest BCUT2D eigenvalue weighted by atomic mass is 10.1. The van der Waals surface area contributed by atoms with E-state index in [-0.39, 0.29) is 11.5 Å². The average molecular weight is 277 g/mol. The van der Waals surface area contributed by atoms with Crippen LogP contribution in [0.2, 0.25) is 0 Å². The fraction of sp³-hybridized carbons (Fsp3) is 0.308. The maximum Gasteiger partial charge on any atom is 0.339 e. The number of hydrogen-bond acceptors (Lipinski definition) is 5. The van der Waals surface area contributed by atoms with Crippen molar-refractivity contribution in [3.05, 3.63) is 39.8 Å². The van der Waals surface area contributed by atoms with Crippen molar-refractivity contribution in [2.75, 3.05) is 5.32 Å². The Morgan fingerprint density at radius 3 is 2.89 bits per heavy atom. The topological polar surface area (TPSA) is 75.1 Å². The molecule has 0 atom stereocenters. The lowest BCUT2D eigenvalue weighted by Crippen LogP contribution is -2.11. The molecule has 2 aromatic rings. The predicted molar refractivity (Wildman–Crippen MR) is 74.7 cm³/mol. The van der Waals surface area contributed by atoms with E-state index in [1.807, 2.05) is 31.4 Å². The van der Waals surface area contributed by atoms with Crippen LogP contribution in [0.1, 0.15) is 40.7 Å². The van der Waals surface area contributed by atoms with Gasteiger partial charge in [-0.05, 0) is 17.4 Å². The Morgan fingerprint density at radius 1 is 1.53 bits per heavy atom. The van der Waals surface area contributed by atoms with Crippen molar-refractivity contribution < 1.29 is 9.90 Å². The molecule has 0 radical (unpaired) electrons. The van der Waals surface area contributed by atoms with E-state index in [4.69, 9.17) is 5.11 Å². The molecule has 0 unspecified atom stereocenters. The van der Waals surface area contributed by atoms with Gasteiger partial charge in [0.25, 0.3) is 0 Å². The highest BCUT2D eigenvalue weighted by atomic mass is 32.1. The maximum absolute atomic E-state index is 11.1. The number of anilines is 1. The molecule has 0 aliphatic rings. The highest BCUT2D eigenvalue weighted by molar-refractivity contribution is 7.09. The van der Waals surface area contributed by atoms with E-state index < -0.39 is 5.97 Å². The first-order valence-electron chi connectivity index (χ1n) is 5.94. The lowest BCUT2D eigenvalue weighted by Gasteiger charge is -2.10. The van der Waals surface area contributed by atoms with Gasteiger partial charge in [0.1, 0.15) is 0 Å². The van der Waals surface area contributed by atoms with E-state index in [0.717, 1.165) is 0 Å². The molecule has 0 amide bonds. The Bertz CT molecular complexity index is 567. The molecule has 0 bridgehead atoms. The van der Waals surface area contributed by atoms with Gasteiger partial charge in [-0.2, -0.15) is 0 Å². The quantitative estimate of drug-likeness (QED) is 0.878. The van der Waals surface area contributed by atoms with E-state index in [9.17, 15) is 4.79 Å².